The SMILES string of the molecule is CC(C)n1c(CNC(=O)[C@@H]2CC23CCOCC3)n[nH]c1=S. The summed E-state index contributed by atoms with van der Waals surface area (Å²) in [5.41, 5.74) is 0.213. The van der Waals surface area contributed by atoms with Crippen LogP contribution in [-0.2, 0) is 16.1 Å². The van der Waals surface area contributed by atoms with E-state index < -0.39 is 0 Å². The van der Waals surface area contributed by atoms with Crippen molar-refractivity contribution in [2.24, 2.45) is 11.3 Å². The minimum absolute atomic E-state index is 0.140. The van der Waals surface area contributed by atoms with Crippen molar-refractivity contribution in [1.29, 1.82) is 0 Å². The zero-order valence-corrected chi connectivity index (χ0v) is 13.3. The van der Waals surface area contributed by atoms with Gasteiger partial charge >= 0.3 is 0 Å². The van der Waals surface area contributed by atoms with Gasteiger partial charge in [-0.05, 0) is 50.7 Å². The Balaban J connectivity index is 1.59. The van der Waals surface area contributed by atoms with Crippen molar-refractivity contribution < 1.29 is 9.53 Å². The van der Waals surface area contributed by atoms with E-state index in [-0.39, 0.29) is 23.3 Å². The van der Waals surface area contributed by atoms with E-state index in [2.05, 4.69) is 29.4 Å². The number of amides is 1. The molecule has 0 aromatic carbocycles. The molecule has 1 spiro atoms. The van der Waals surface area contributed by atoms with Gasteiger partial charge in [-0.2, -0.15) is 5.10 Å². The molecule has 0 unspecified atom stereocenters. The summed E-state index contributed by atoms with van der Waals surface area (Å²) in [5, 5.41) is 10.0. The Morgan fingerprint density at radius 2 is 2.29 bits per heavy atom. The molecule has 1 aromatic rings. The number of aromatic nitrogens is 3. The number of hydrogen-bond donors (Lipinski definition) is 2. The van der Waals surface area contributed by atoms with Gasteiger partial charge in [0.25, 0.3) is 0 Å². The van der Waals surface area contributed by atoms with Crippen LogP contribution in [0.4, 0.5) is 0 Å². The lowest BCUT2D eigenvalue weighted by atomic mass is 9.93. The van der Waals surface area contributed by atoms with Crippen LogP contribution in [0.5, 0.6) is 0 Å². The van der Waals surface area contributed by atoms with Gasteiger partial charge < -0.3 is 14.6 Å². The fourth-order valence-electron chi connectivity index (χ4n) is 3.33. The molecular formula is C14H22N4O2S. The molecule has 1 saturated heterocycles. The maximum absolute atomic E-state index is 12.3. The van der Waals surface area contributed by atoms with Crippen LogP contribution in [0, 0.1) is 16.1 Å². The van der Waals surface area contributed by atoms with Crippen molar-refractivity contribution in [1.82, 2.24) is 20.1 Å². The molecular weight excluding hydrogens is 288 g/mol. The highest BCUT2D eigenvalue weighted by atomic mass is 32.1. The molecule has 1 aliphatic carbocycles. The number of nitrogens with zero attached hydrogens (tertiary/aromatic N) is 2. The quantitative estimate of drug-likeness (QED) is 0.834. The summed E-state index contributed by atoms with van der Waals surface area (Å²) in [4.78, 5) is 12.3. The summed E-state index contributed by atoms with van der Waals surface area (Å²) in [5.74, 6) is 1.07. The van der Waals surface area contributed by atoms with Crippen molar-refractivity contribution >= 4 is 18.1 Å². The minimum Gasteiger partial charge on any atom is -0.381 e. The predicted octanol–water partition coefficient (Wildman–Crippen LogP) is 1.95. The van der Waals surface area contributed by atoms with Crippen molar-refractivity contribution in [3.05, 3.63) is 10.6 Å². The van der Waals surface area contributed by atoms with Crippen molar-refractivity contribution in [3.8, 4) is 0 Å². The van der Waals surface area contributed by atoms with Crippen LogP contribution in [0.25, 0.3) is 0 Å². The Kier molecular flexibility index (Phi) is 3.88. The molecule has 1 aliphatic heterocycles. The Bertz CT molecular complexity index is 586. The highest BCUT2D eigenvalue weighted by molar-refractivity contribution is 7.71. The first-order valence-corrected chi connectivity index (χ1v) is 7.95. The van der Waals surface area contributed by atoms with Crippen LogP contribution in [0.3, 0.4) is 0 Å². The Morgan fingerprint density at radius 3 is 2.95 bits per heavy atom. The largest absolute Gasteiger partial charge is 0.381 e. The van der Waals surface area contributed by atoms with Crippen LogP contribution in [0.15, 0.2) is 0 Å². The van der Waals surface area contributed by atoms with Crippen LogP contribution in [0.2, 0.25) is 0 Å². The number of aromatic amines is 1. The number of rotatable bonds is 4. The zero-order valence-electron chi connectivity index (χ0n) is 12.5. The van der Waals surface area contributed by atoms with Crippen LogP contribution in [-0.4, -0.2) is 33.9 Å². The minimum atomic E-state index is 0.140. The van der Waals surface area contributed by atoms with Crippen LogP contribution < -0.4 is 5.32 Å². The van der Waals surface area contributed by atoms with Gasteiger partial charge in [0.2, 0.25) is 5.91 Å². The van der Waals surface area contributed by atoms with Gasteiger partial charge in [0, 0.05) is 25.2 Å². The summed E-state index contributed by atoms with van der Waals surface area (Å²) in [6.45, 7) is 6.10. The number of nitrogens with one attached hydrogen (secondary N) is 2. The number of carbonyl (C=O) groups is 1. The Morgan fingerprint density at radius 1 is 1.57 bits per heavy atom. The summed E-state index contributed by atoms with van der Waals surface area (Å²) >= 11 is 5.21. The first-order chi connectivity index (χ1) is 10.0. The lowest BCUT2D eigenvalue weighted by Gasteiger charge is -2.22. The average molecular weight is 310 g/mol. The topological polar surface area (TPSA) is 71.9 Å². The van der Waals surface area contributed by atoms with Gasteiger partial charge in [0.05, 0.1) is 6.54 Å². The van der Waals surface area contributed by atoms with Crippen molar-refractivity contribution in [2.45, 2.75) is 45.7 Å². The van der Waals surface area contributed by atoms with E-state index in [1.165, 1.54) is 0 Å². The second-order valence-electron chi connectivity index (χ2n) is 6.36. The predicted molar refractivity (Wildman–Crippen MR) is 80.2 cm³/mol. The highest BCUT2D eigenvalue weighted by Crippen LogP contribution is 2.59. The fraction of sp³-hybridized carbons (Fsp3) is 0.786. The summed E-state index contributed by atoms with van der Waals surface area (Å²) < 4.78 is 7.92. The van der Waals surface area contributed by atoms with E-state index in [1.54, 1.807) is 0 Å². The van der Waals surface area contributed by atoms with Crippen molar-refractivity contribution in [3.63, 3.8) is 0 Å². The molecule has 7 heteroatoms. The van der Waals surface area contributed by atoms with E-state index in [4.69, 9.17) is 17.0 Å². The molecule has 116 valence electrons. The maximum atomic E-state index is 12.3. The first-order valence-electron chi connectivity index (χ1n) is 7.55. The van der Waals surface area contributed by atoms with Crippen LogP contribution >= 0.6 is 12.2 Å². The highest BCUT2D eigenvalue weighted by Gasteiger charge is 2.57. The summed E-state index contributed by atoms with van der Waals surface area (Å²) in [6, 6.07) is 0.228. The molecule has 1 aromatic heterocycles. The molecule has 1 atom stereocenters. The molecule has 2 N–H and O–H groups in total. The standard InChI is InChI=1S/C14H22N4O2S/c1-9(2)18-11(16-17-13(18)21)8-15-12(19)10-7-14(10)3-5-20-6-4-14/h9-10H,3-8H2,1-2H3,(H,15,19)(H,17,21)/t10-/m0/s1. The molecule has 0 radical (unpaired) electrons. The average Bonchev–Trinajstić information content (AvgIpc) is 3.00. The molecule has 21 heavy (non-hydrogen) atoms. The third kappa shape index (κ3) is 2.76. The molecule has 6 nitrogen and oxygen atoms in total. The summed E-state index contributed by atoms with van der Waals surface area (Å²) in [7, 11) is 0. The van der Waals surface area contributed by atoms with E-state index in [0.717, 1.165) is 38.3 Å². The Labute approximate surface area is 129 Å². The van der Waals surface area contributed by atoms with Gasteiger partial charge in [-0.3, -0.25) is 9.89 Å². The van der Waals surface area contributed by atoms with Gasteiger partial charge in [-0.25, -0.2) is 0 Å². The van der Waals surface area contributed by atoms with Gasteiger partial charge in [-0.15, -0.1) is 0 Å². The smallest absolute Gasteiger partial charge is 0.224 e. The van der Waals surface area contributed by atoms with Crippen molar-refractivity contribution in [2.75, 3.05) is 13.2 Å². The molecule has 1 amide bonds. The van der Waals surface area contributed by atoms with Gasteiger partial charge in [0.1, 0.15) is 0 Å². The second-order valence-corrected chi connectivity index (χ2v) is 6.74. The lowest BCUT2D eigenvalue weighted by molar-refractivity contribution is -0.123. The molecule has 1 saturated carbocycles. The first kappa shape index (κ1) is 14.7. The molecule has 2 fully saturated rings. The third-order valence-corrected chi connectivity index (χ3v) is 5.00. The van der Waals surface area contributed by atoms with E-state index in [1.807, 2.05) is 4.57 Å². The molecule has 2 heterocycles. The summed E-state index contributed by atoms with van der Waals surface area (Å²) in [6.07, 6.45) is 3.02. The zero-order chi connectivity index (χ0) is 15.0. The Hall–Kier alpha value is -1.21. The van der Waals surface area contributed by atoms with E-state index in [9.17, 15) is 4.79 Å². The lowest BCUT2D eigenvalue weighted by Crippen LogP contribution is -2.30. The monoisotopic (exact) mass is 310 g/mol. The van der Waals surface area contributed by atoms with E-state index >= 15 is 0 Å². The van der Waals surface area contributed by atoms with Gasteiger partial charge in [-0.1, -0.05) is 0 Å². The number of ether oxygens (including phenoxy) is 1. The van der Waals surface area contributed by atoms with E-state index in [0.29, 0.717) is 11.3 Å². The molecule has 2 aliphatic rings. The second kappa shape index (κ2) is 5.53. The van der Waals surface area contributed by atoms with Gasteiger partial charge in [0.15, 0.2) is 10.6 Å². The molecule has 0 bridgehead atoms. The normalized spacial score (nSPS) is 23.5. The van der Waals surface area contributed by atoms with Crippen LogP contribution in [0.1, 0.15) is 45.0 Å². The number of carbonyl (C=O) groups excluding carboxylic acids is 1. The number of hydrogen-bond acceptors (Lipinski definition) is 4. The maximum Gasteiger partial charge on any atom is 0.224 e. The third-order valence-electron chi connectivity index (χ3n) is 4.71. The number of H-pyrrole nitrogens is 1. The fourth-order valence-corrected chi connectivity index (χ4v) is 3.69. The molecule has 3 rings (SSSR count).